The van der Waals surface area contributed by atoms with E-state index in [2.05, 4.69) is 0 Å². The number of carboxylic acid groups (broad SMARTS) is 1. The van der Waals surface area contributed by atoms with Crippen LogP contribution in [0.25, 0.3) is 16.0 Å². The molecule has 1 aromatic carbocycles. The summed E-state index contributed by atoms with van der Waals surface area (Å²) in [5, 5.41) is 10.9. The minimum atomic E-state index is -0.972. The van der Waals surface area contributed by atoms with E-state index in [1.54, 1.807) is 38.5 Å². The molecule has 110 valence electrons. The number of hydrogen-bond donors (Lipinski definition) is 1. The Kier molecular flexibility index (Phi) is 4.65. The van der Waals surface area contributed by atoms with Gasteiger partial charge in [-0.15, -0.1) is 11.3 Å². The van der Waals surface area contributed by atoms with Crippen LogP contribution in [-0.2, 0) is 4.79 Å². The molecule has 0 amide bonds. The molecule has 5 heteroatoms. The fourth-order valence-electron chi connectivity index (χ4n) is 2.08. The summed E-state index contributed by atoms with van der Waals surface area (Å²) in [5.74, 6) is 0.253. The van der Waals surface area contributed by atoms with E-state index in [-0.39, 0.29) is 0 Å². The first-order valence-electron chi connectivity index (χ1n) is 6.28. The first-order chi connectivity index (χ1) is 10.1. The molecule has 1 N–H and O–H groups in total. The number of carboxylic acids is 1. The van der Waals surface area contributed by atoms with Crippen molar-refractivity contribution in [1.82, 2.24) is 0 Å². The van der Waals surface area contributed by atoms with Crippen molar-refractivity contribution in [2.45, 2.75) is 6.92 Å². The summed E-state index contributed by atoms with van der Waals surface area (Å²) in [5.41, 5.74) is 2.33. The van der Waals surface area contributed by atoms with E-state index in [1.165, 1.54) is 6.08 Å². The highest BCUT2D eigenvalue weighted by molar-refractivity contribution is 7.13. The van der Waals surface area contributed by atoms with Crippen LogP contribution in [0.5, 0.6) is 11.5 Å². The predicted molar refractivity (Wildman–Crippen MR) is 84.1 cm³/mol. The lowest BCUT2D eigenvalue weighted by atomic mass is 10.0. The smallest absolute Gasteiger partial charge is 0.328 e. The normalized spacial score (nSPS) is 11.3. The van der Waals surface area contributed by atoms with Gasteiger partial charge in [-0.3, -0.25) is 0 Å². The maximum atomic E-state index is 10.8. The summed E-state index contributed by atoms with van der Waals surface area (Å²) in [6.45, 7) is 1.76. The van der Waals surface area contributed by atoms with Crippen LogP contribution < -0.4 is 9.47 Å². The van der Waals surface area contributed by atoms with Crippen molar-refractivity contribution in [3.63, 3.8) is 0 Å². The molecular formula is C16H16O4S. The summed E-state index contributed by atoms with van der Waals surface area (Å²) < 4.78 is 10.8. The highest BCUT2D eigenvalue weighted by Crippen LogP contribution is 2.42. The van der Waals surface area contributed by atoms with Crippen molar-refractivity contribution < 1.29 is 19.4 Å². The zero-order valence-electron chi connectivity index (χ0n) is 12.0. The van der Waals surface area contributed by atoms with Crippen molar-refractivity contribution in [3.8, 4) is 21.9 Å². The zero-order chi connectivity index (χ0) is 15.4. The summed E-state index contributed by atoms with van der Waals surface area (Å²) in [4.78, 5) is 11.9. The third kappa shape index (κ3) is 3.25. The van der Waals surface area contributed by atoms with Crippen LogP contribution in [0, 0.1) is 0 Å². The minimum Gasteiger partial charge on any atom is -0.493 e. The van der Waals surface area contributed by atoms with Gasteiger partial charge in [-0.2, -0.15) is 0 Å². The Labute approximate surface area is 127 Å². The topological polar surface area (TPSA) is 55.8 Å². The van der Waals surface area contributed by atoms with Gasteiger partial charge in [0, 0.05) is 16.5 Å². The second-order valence-corrected chi connectivity index (χ2v) is 5.35. The third-order valence-electron chi connectivity index (χ3n) is 3.06. The molecule has 0 radical (unpaired) electrons. The molecule has 0 atom stereocenters. The second-order valence-electron chi connectivity index (χ2n) is 4.40. The summed E-state index contributed by atoms with van der Waals surface area (Å²) >= 11 is 1.59. The number of carbonyl (C=O) groups is 1. The third-order valence-corrected chi connectivity index (χ3v) is 3.96. The van der Waals surface area contributed by atoms with Crippen molar-refractivity contribution in [1.29, 1.82) is 0 Å². The Bertz CT molecular complexity index is 672. The van der Waals surface area contributed by atoms with Crippen LogP contribution in [0.2, 0.25) is 0 Å². The van der Waals surface area contributed by atoms with Gasteiger partial charge in [0.25, 0.3) is 0 Å². The Morgan fingerprint density at radius 3 is 2.57 bits per heavy atom. The quantitative estimate of drug-likeness (QED) is 0.851. The fraction of sp³-hybridized carbons (Fsp3) is 0.188. The molecule has 0 fully saturated rings. The lowest BCUT2D eigenvalue weighted by molar-refractivity contribution is -0.131. The molecule has 4 nitrogen and oxygen atoms in total. The Hall–Kier alpha value is -2.27. The van der Waals surface area contributed by atoms with E-state index >= 15 is 0 Å². The molecular weight excluding hydrogens is 288 g/mol. The molecule has 21 heavy (non-hydrogen) atoms. The zero-order valence-corrected chi connectivity index (χ0v) is 12.9. The molecule has 0 unspecified atom stereocenters. The van der Waals surface area contributed by atoms with Gasteiger partial charge in [-0.05, 0) is 41.6 Å². The number of rotatable bonds is 5. The molecule has 0 aliphatic heterocycles. The highest BCUT2D eigenvalue weighted by Gasteiger charge is 2.15. The number of hydrogen-bond acceptors (Lipinski definition) is 4. The van der Waals surface area contributed by atoms with Crippen LogP contribution in [0.1, 0.15) is 12.5 Å². The van der Waals surface area contributed by atoms with E-state index in [9.17, 15) is 4.79 Å². The molecule has 0 saturated heterocycles. The molecule has 0 saturated carbocycles. The average molecular weight is 304 g/mol. The lowest BCUT2D eigenvalue weighted by Gasteiger charge is -2.14. The molecule has 2 rings (SSSR count). The van der Waals surface area contributed by atoms with Gasteiger partial charge in [0.1, 0.15) is 0 Å². The molecule has 0 aliphatic carbocycles. The molecule has 2 aromatic rings. The van der Waals surface area contributed by atoms with Crippen molar-refractivity contribution in [3.05, 3.63) is 41.3 Å². The fourth-order valence-corrected chi connectivity index (χ4v) is 2.81. The number of allylic oxidation sites excluding steroid dienone is 1. The van der Waals surface area contributed by atoms with E-state index in [1.807, 2.05) is 23.6 Å². The van der Waals surface area contributed by atoms with Gasteiger partial charge in [-0.1, -0.05) is 6.07 Å². The van der Waals surface area contributed by atoms with Crippen molar-refractivity contribution in [2.24, 2.45) is 0 Å². The van der Waals surface area contributed by atoms with E-state index in [0.717, 1.165) is 16.0 Å². The SMILES string of the molecule is COc1cc(/C(C)=C/C(=O)O)cc(-c2cccs2)c1OC. The van der Waals surface area contributed by atoms with Gasteiger partial charge in [0.2, 0.25) is 0 Å². The summed E-state index contributed by atoms with van der Waals surface area (Å²) in [7, 11) is 3.16. The summed E-state index contributed by atoms with van der Waals surface area (Å²) in [6, 6.07) is 7.65. The monoisotopic (exact) mass is 304 g/mol. The highest BCUT2D eigenvalue weighted by atomic mass is 32.1. The standard InChI is InChI=1S/C16H16O4S/c1-10(7-15(17)18)11-8-12(14-5-4-6-21-14)16(20-3)13(9-11)19-2/h4-9H,1-3H3,(H,17,18)/b10-7+. The van der Waals surface area contributed by atoms with Gasteiger partial charge >= 0.3 is 5.97 Å². The molecule has 1 aromatic heterocycles. The molecule has 1 heterocycles. The molecule has 0 bridgehead atoms. The van der Waals surface area contributed by atoms with Gasteiger partial charge in [0.15, 0.2) is 11.5 Å². The number of ether oxygens (including phenoxy) is 2. The first-order valence-corrected chi connectivity index (χ1v) is 7.16. The predicted octanol–water partition coefficient (Wildman–Crippen LogP) is 3.92. The van der Waals surface area contributed by atoms with Gasteiger partial charge in [-0.25, -0.2) is 4.79 Å². The van der Waals surface area contributed by atoms with Crippen LogP contribution in [0.4, 0.5) is 0 Å². The Morgan fingerprint density at radius 2 is 2.05 bits per heavy atom. The Morgan fingerprint density at radius 1 is 1.29 bits per heavy atom. The van der Waals surface area contributed by atoms with Crippen LogP contribution in [0.3, 0.4) is 0 Å². The van der Waals surface area contributed by atoms with E-state index in [4.69, 9.17) is 14.6 Å². The van der Waals surface area contributed by atoms with Gasteiger partial charge < -0.3 is 14.6 Å². The lowest BCUT2D eigenvalue weighted by Crippen LogP contribution is -1.96. The maximum Gasteiger partial charge on any atom is 0.328 e. The number of benzene rings is 1. The van der Waals surface area contributed by atoms with E-state index < -0.39 is 5.97 Å². The molecule has 0 aliphatic rings. The summed E-state index contributed by atoms with van der Waals surface area (Å²) in [6.07, 6.45) is 1.18. The Balaban J connectivity index is 2.65. The average Bonchev–Trinajstić information content (AvgIpc) is 2.98. The first kappa shape index (κ1) is 15.1. The maximum absolute atomic E-state index is 10.8. The van der Waals surface area contributed by atoms with Crippen LogP contribution in [0.15, 0.2) is 35.7 Å². The number of aliphatic carboxylic acids is 1. The largest absolute Gasteiger partial charge is 0.493 e. The van der Waals surface area contributed by atoms with Gasteiger partial charge in [0.05, 0.1) is 14.2 Å². The molecule has 0 spiro atoms. The van der Waals surface area contributed by atoms with Crippen LogP contribution in [-0.4, -0.2) is 25.3 Å². The van der Waals surface area contributed by atoms with Crippen molar-refractivity contribution in [2.75, 3.05) is 14.2 Å². The van der Waals surface area contributed by atoms with Crippen molar-refractivity contribution >= 4 is 22.9 Å². The minimum absolute atomic E-state index is 0.580. The van der Waals surface area contributed by atoms with Crippen LogP contribution >= 0.6 is 11.3 Å². The number of methoxy groups -OCH3 is 2. The van der Waals surface area contributed by atoms with E-state index in [0.29, 0.717) is 17.1 Å². The second kappa shape index (κ2) is 6.45. The number of thiophene rings is 1.